The maximum absolute atomic E-state index is 13.3. The third-order valence-corrected chi connectivity index (χ3v) is 7.62. The minimum Gasteiger partial charge on any atom is -0.355 e. The number of halogens is 5. The van der Waals surface area contributed by atoms with Gasteiger partial charge in [-0.3, -0.25) is 13.9 Å². The number of likely N-dealkylation sites (N-methyl/N-ethyl adjacent to an activating group) is 1. The Labute approximate surface area is 230 Å². The number of sulfonamides is 1. The first-order valence-electron chi connectivity index (χ1n) is 11.8. The molecule has 7 nitrogen and oxygen atoms in total. The van der Waals surface area contributed by atoms with E-state index in [1.807, 2.05) is 0 Å². The Balaban J connectivity index is 2.27. The standard InChI is InChI=1S/C25H30Cl2F3N3O4S/c1-4-22(24(35)31-5-2)32(16-17-11-12-20(26)21(27)14-17)23(34)10-7-13-33(38(3,36)37)19-9-6-8-18(15-19)25(28,29)30/h6,8-9,11-12,14-15,22H,4-5,7,10,13,16H2,1-3H3,(H,31,35)/t22-/m0/s1. The first-order chi connectivity index (χ1) is 17.7. The van der Waals surface area contributed by atoms with Crippen LogP contribution in [0.1, 0.15) is 44.2 Å². The molecule has 0 aliphatic rings. The Morgan fingerprint density at radius 3 is 2.29 bits per heavy atom. The van der Waals surface area contributed by atoms with Gasteiger partial charge in [-0.15, -0.1) is 0 Å². The highest BCUT2D eigenvalue weighted by molar-refractivity contribution is 7.92. The number of hydrogen-bond acceptors (Lipinski definition) is 4. The van der Waals surface area contributed by atoms with Gasteiger partial charge in [0.1, 0.15) is 6.04 Å². The second-order valence-electron chi connectivity index (χ2n) is 8.58. The van der Waals surface area contributed by atoms with E-state index in [4.69, 9.17) is 23.2 Å². The normalized spacial score (nSPS) is 12.6. The average Bonchev–Trinajstić information content (AvgIpc) is 2.82. The van der Waals surface area contributed by atoms with Gasteiger partial charge in [-0.25, -0.2) is 8.42 Å². The van der Waals surface area contributed by atoms with Crippen molar-refractivity contribution in [3.05, 3.63) is 63.6 Å². The number of carbonyl (C=O) groups is 2. The highest BCUT2D eigenvalue weighted by atomic mass is 35.5. The van der Waals surface area contributed by atoms with Crippen molar-refractivity contribution in [1.29, 1.82) is 0 Å². The van der Waals surface area contributed by atoms with Crippen molar-refractivity contribution < 1.29 is 31.2 Å². The lowest BCUT2D eigenvalue weighted by Gasteiger charge is -2.31. The van der Waals surface area contributed by atoms with E-state index in [9.17, 15) is 31.2 Å². The molecule has 13 heteroatoms. The summed E-state index contributed by atoms with van der Waals surface area (Å²) in [6, 6.07) is 8.03. The van der Waals surface area contributed by atoms with Crippen LogP contribution in [0.3, 0.4) is 0 Å². The Kier molecular flexibility index (Phi) is 11.3. The molecule has 0 aliphatic heterocycles. The van der Waals surface area contributed by atoms with Crippen molar-refractivity contribution in [3.63, 3.8) is 0 Å². The summed E-state index contributed by atoms with van der Waals surface area (Å²) in [6.45, 7) is 3.70. The van der Waals surface area contributed by atoms with Gasteiger partial charge in [-0.2, -0.15) is 13.2 Å². The average molecular weight is 596 g/mol. The third kappa shape index (κ3) is 8.78. The molecule has 0 saturated heterocycles. The molecule has 0 unspecified atom stereocenters. The molecule has 2 amide bonds. The number of hydrogen-bond donors (Lipinski definition) is 1. The fraction of sp³-hybridized carbons (Fsp3) is 0.440. The summed E-state index contributed by atoms with van der Waals surface area (Å²) in [6.07, 6.45) is -3.59. The second kappa shape index (κ2) is 13.5. The van der Waals surface area contributed by atoms with Crippen LogP contribution in [0.2, 0.25) is 10.0 Å². The molecule has 210 valence electrons. The molecule has 0 saturated carbocycles. The smallest absolute Gasteiger partial charge is 0.355 e. The first-order valence-corrected chi connectivity index (χ1v) is 14.5. The molecule has 0 aliphatic carbocycles. The largest absolute Gasteiger partial charge is 0.416 e. The van der Waals surface area contributed by atoms with Crippen molar-refractivity contribution in [3.8, 4) is 0 Å². The van der Waals surface area contributed by atoms with Crippen molar-refractivity contribution in [1.82, 2.24) is 10.2 Å². The van der Waals surface area contributed by atoms with Gasteiger partial charge in [0.15, 0.2) is 0 Å². The van der Waals surface area contributed by atoms with E-state index in [0.717, 1.165) is 28.8 Å². The van der Waals surface area contributed by atoms with Gasteiger partial charge in [0.05, 0.1) is 27.6 Å². The number of carbonyl (C=O) groups excluding carboxylic acids is 2. The van der Waals surface area contributed by atoms with Gasteiger partial charge in [0.25, 0.3) is 0 Å². The summed E-state index contributed by atoms with van der Waals surface area (Å²) < 4.78 is 65.1. The molecule has 0 aromatic heterocycles. The number of anilines is 1. The lowest BCUT2D eigenvalue weighted by molar-refractivity contribution is -0.141. The Hall–Kier alpha value is -2.50. The molecule has 0 radical (unpaired) electrons. The minimum atomic E-state index is -4.64. The fourth-order valence-electron chi connectivity index (χ4n) is 3.89. The van der Waals surface area contributed by atoms with Crippen LogP contribution >= 0.6 is 23.2 Å². The summed E-state index contributed by atoms with van der Waals surface area (Å²) in [5.74, 6) is -0.767. The minimum absolute atomic E-state index is 0.00581. The van der Waals surface area contributed by atoms with Gasteiger partial charge in [-0.05, 0) is 55.7 Å². The maximum atomic E-state index is 13.3. The van der Waals surface area contributed by atoms with Gasteiger partial charge >= 0.3 is 6.18 Å². The van der Waals surface area contributed by atoms with E-state index in [-0.39, 0.29) is 42.5 Å². The predicted octanol–water partition coefficient (Wildman–Crippen LogP) is 5.50. The number of nitrogens with zero attached hydrogens (tertiary/aromatic N) is 2. The summed E-state index contributed by atoms with van der Waals surface area (Å²) in [5, 5.41) is 3.33. The molecule has 1 atom stereocenters. The quantitative estimate of drug-likeness (QED) is 0.351. The number of benzene rings is 2. The topological polar surface area (TPSA) is 86.8 Å². The van der Waals surface area contributed by atoms with Gasteiger partial charge in [0, 0.05) is 26.1 Å². The van der Waals surface area contributed by atoms with Gasteiger partial charge in [-0.1, -0.05) is 42.3 Å². The molecule has 0 heterocycles. The zero-order valence-electron chi connectivity index (χ0n) is 21.2. The van der Waals surface area contributed by atoms with E-state index >= 15 is 0 Å². The van der Waals surface area contributed by atoms with Crippen LogP contribution in [0, 0.1) is 0 Å². The van der Waals surface area contributed by atoms with Crippen LogP contribution < -0.4 is 9.62 Å². The highest BCUT2D eigenvalue weighted by Crippen LogP contribution is 2.32. The zero-order valence-corrected chi connectivity index (χ0v) is 23.5. The molecule has 2 aromatic rings. The molecule has 0 fully saturated rings. The summed E-state index contributed by atoms with van der Waals surface area (Å²) >= 11 is 12.1. The number of rotatable bonds is 12. The van der Waals surface area contributed by atoms with Crippen molar-refractivity contribution >= 4 is 50.7 Å². The third-order valence-electron chi connectivity index (χ3n) is 5.69. The Morgan fingerprint density at radius 2 is 1.74 bits per heavy atom. The van der Waals surface area contributed by atoms with Crippen LogP contribution in [-0.2, 0) is 32.3 Å². The molecule has 2 aromatic carbocycles. The fourth-order valence-corrected chi connectivity index (χ4v) is 5.17. The van der Waals surface area contributed by atoms with E-state index in [0.29, 0.717) is 23.6 Å². The van der Waals surface area contributed by atoms with Gasteiger partial charge in [0.2, 0.25) is 21.8 Å². The number of amides is 2. The van der Waals surface area contributed by atoms with E-state index in [2.05, 4.69) is 5.32 Å². The second-order valence-corrected chi connectivity index (χ2v) is 11.3. The molecule has 2 rings (SSSR count). The predicted molar refractivity (Wildman–Crippen MR) is 143 cm³/mol. The summed E-state index contributed by atoms with van der Waals surface area (Å²) in [5.41, 5.74) is -0.506. The highest BCUT2D eigenvalue weighted by Gasteiger charge is 2.32. The summed E-state index contributed by atoms with van der Waals surface area (Å²) in [7, 11) is -3.95. The Morgan fingerprint density at radius 1 is 1.05 bits per heavy atom. The Bertz CT molecular complexity index is 1240. The molecule has 1 N–H and O–H groups in total. The first kappa shape index (κ1) is 31.7. The van der Waals surface area contributed by atoms with Crippen LogP contribution in [0.5, 0.6) is 0 Å². The van der Waals surface area contributed by atoms with Crippen LogP contribution in [0.4, 0.5) is 18.9 Å². The molecular formula is C25H30Cl2F3N3O4S. The SMILES string of the molecule is CCNC(=O)[C@H](CC)N(Cc1ccc(Cl)c(Cl)c1)C(=O)CCCN(c1cccc(C(F)(F)F)c1)S(C)(=O)=O. The lowest BCUT2D eigenvalue weighted by Crippen LogP contribution is -2.49. The van der Waals surface area contributed by atoms with E-state index < -0.39 is 33.7 Å². The van der Waals surface area contributed by atoms with E-state index in [1.54, 1.807) is 32.0 Å². The lowest BCUT2D eigenvalue weighted by atomic mass is 10.1. The molecular weight excluding hydrogens is 566 g/mol. The summed E-state index contributed by atoms with van der Waals surface area (Å²) in [4.78, 5) is 27.4. The molecule has 38 heavy (non-hydrogen) atoms. The monoisotopic (exact) mass is 595 g/mol. The zero-order chi connectivity index (χ0) is 28.7. The molecule has 0 spiro atoms. The van der Waals surface area contributed by atoms with Crippen molar-refractivity contribution in [2.45, 2.75) is 51.9 Å². The van der Waals surface area contributed by atoms with Crippen LogP contribution in [0.25, 0.3) is 0 Å². The molecule has 0 bridgehead atoms. The number of nitrogens with one attached hydrogen (secondary N) is 1. The van der Waals surface area contributed by atoms with E-state index in [1.165, 1.54) is 11.0 Å². The maximum Gasteiger partial charge on any atom is 0.416 e. The van der Waals surface area contributed by atoms with Crippen LogP contribution in [0.15, 0.2) is 42.5 Å². The van der Waals surface area contributed by atoms with Gasteiger partial charge < -0.3 is 10.2 Å². The van der Waals surface area contributed by atoms with Crippen molar-refractivity contribution in [2.75, 3.05) is 23.7 Å². The number of alkyl halides is 3. The van der Waals surface area contributed by atoms with Crippen LogP contribution in [-0.4, -0.2) is 50.5 Å². The van der Waals surface area contributed by atoms with Crippen molar-refractivity contribution in [2.24, 2.45) is 0 Å².